The fraction of sp³-hybridized carbons (Fsp3) is 0.217. The molecule has 0 bridgehead atoms. The summed E-state index contributed by atoms with van der Waals surface area (Å²) in [4.78, 5) is 31.1. The summed E-state index contributed by atoms with van der Waals surface area (Å²) in [6.07, 6.45) is 0.948. The first-order valence-corrected chi connectivity index (χ1v) is 12.0. The van der Waals surface area contributed by atoms with Gasteiger partial charge in [-0.1, -0.05) is 25.1 Å². The van der Waals surface area contributed by atoms with Crippen LogP contribution >= 0.6 is 22.7 Å². The van der Waals surface area contributed by atoms with Crippen LogP contribution in [0.3, 0.4) is 0 Å². The molecule has 4 aromatic rings. The SMILES string of the molecule is CCc1ccc(NC(=O)NCCn2nc(-c3sc(-c4cccs4)nc3C)ccc2=O)cc1. The Kier molecular flexibility index (Phi) is 6.77. The molecule has 0 unspecified atom stereocenters. The quantitative estimate of drug-likeness (QED) is 0.411. The fourth-order valence-electron chi connectivity index (χ4n) is 3.14. The van der Waals surface area contributed by atoms with Crippen LogP contribution in [0.2, 0.25) is 0 Å². The van der Waals surface area contributed by atoms with Crippen molar-refractivity contribution in [3.05, 3.63) is 75.5 Å². The van der Waals surface area contributed by atoms with Gasteiger partial charge in [0.05, 0.1) is 22.0 Å². The molecule has 0 aliphatic rings. The first-order chi connectivity index (χ1) is 15.5. The maximum Gasteiger partial charge on any atom is 0.319 e. The number of nitrogens with one attached hydrogen (secondary N) is 2. The highest BCUT2D eigenvalue weighted by Gasteiger charge is 2.14. The average molecular weight is 466 g/mol. The lowest BCUT2D eigenvalue weighted by atomic mass is 10.1. The minimum Gasteiger partial charge on any atom is -0.336 e. The molecule has 164 valence electrons. The molecule has 0 spiro atoms. The van der Waals surface area contributed by atoms with E-state index in [2.05, 4.69) is 27.6 Å². The number of benzene rings is 1. The van der Waals surface area contributed by atoms with Crippen molar-refractivity contribution in [3.8, 4) is 20.5 Å². The van der Waals surface area contributed by atoms with Crippen LogP contribution in [-0.2, 0) is 13.0 Å². The van der Waals surface area contributed by atoms with Gasteiger partial charge < -0.3 is 10.6 Å². The smallest absolute Gasteiger partial charge is 0.319 e. The first kappa shape index (κ1) is 21.9. The van der Waals surface area contributed by atoms with E-state index in [0.717, 1.165) is 32.6 Å². The molecule has 0 atom stereocenters. The minimum atomic E-state index is -0.322. The van der Waals surface area contributed by atoms with E-state index in [1.54, 1.807) is 28.7 Å². The lowest BCUT2D eigenvalue weighted by Crippen LogP contribution is -2.34. The number of rotatable bonds is 7. The fourth-order valence-corrected chi connectivity index (χ4v) is 4.97. The number of thiazole rings is 1. The van der Waals surface area contributed by atoms with Crippen molar-refractivity contribution in [3.63, 3.8) is 0 Å². The predicted octanol–water partition coefficient (Wildman–Crippen LogP) is 4.79. The number of nitrogens with zero attached hydrogens (tertiary/aromatic N) is 3. The molecular weight excluding hydrogens is 442 g/mol. The molecule has 1 aromatic carbocycles. The van der Waals surface area contributed by atoms with Crippen molar-refractivity contribution in [2.24, 2.45) is 0 Å². The van der Waals surface area contributed by atoms with Crippen LogP contribution in [0.1, 0.15) is 18.2 Å². The standard InChI is InChI=1S/C23H23N5O2S2/c1-3-16-6-8-17(9-7-16)26-23(30)24-12-13-28-20(29)11-10-18(27-28)21-15(2)25-22(32-21)19-5-4-14-31-19/h4-11,14H,3,12-13H2,1-2H3,(H2,24,26,30). The lowest BCUT2D eigenvalue weighted by Gasteiger charge is -2.09. The zero-order valence-electron chi connectivity index (χ0n) is 17.8. The van der Waals surface area contributed by atoms with Gasteiger partial charge in [0.1, 0.15) is 10.7 Å². The Bertz CT molecular complexity index is 1260. The number of aromatic nitrogens is 3. The molecule has 3 aromatic heterocycles. The number of amides is 2. The Morgan fingerprint density at radius 3 is 2.66 bits per heavy atom. The zero-order valence-corrected chi connectivity index (χ0v) is 19.4. The highest BCUT2D eigenvalue weighted by Crippen LogP contribution is 2.35. The van der Waals surface area contributed by atoms with Crippen LogP contribution < -0.4 is 16.2 Å². The van der Waals surface area contributed by atoms with Gasteiger partial charge in [-0.25, -0.2) is 14.5 Å². The molecule has 0 radical (unpaired) electrons. The van der Waals surface area contributed by atoms with Gasteiger partial charge >= 0.3 is 6.03 Å². The summed E-state index contributed by atoms with van der Waals surface area (Å²) in [6, 6.07) is 14.6. The second-order valence-electron chi connectivity index (χ2n) is 7.12. The lowest BCUT2D eigenvalue weighted by molar-refractivity contribution is 0.251. The summed E-state index contributed by atoms with van der Waals surface area (Å²) in [5, 5.41) is 13.0. The van der Waals surface area contributed by atoms with Gasteiger partial charge in [-0.15, -0.1) is 22.7 Å². The summed E-state index contributed by atoms with van der Waals surface area (Å²) in [7, 11) is 0. The molecule has 9 heteroatoms. The molecule has 0 aliphatic heterocycles. The van der Waals surface area contributed by atoms with Gasteiger partial charge in [-0.3, -0.25) is 4.79 Å². The number of carbonyl (C=O) groups excluding carboxylic acids is 1. The van der Waals surface area contributed by atoms with Crippen LogP contribution in [0.4, 0.5) is 10.5 Å². The molecule has 0 aliphatic carbocycles. The number of thiophene rings is 1. The van der Waals surface area contributed by atoms with Crippen LogP contribution in [0.15, 0.2) is 58.7 Å². The Morgan fingerprint density at radius 1 is 1.12 bits per heavy atom. The molecule has 0 saturated carbocycles. The Labute approximate surface area is 193 Å². The highest BCUT2D eigenvalue weighted by atomic mass is 32.1. The maximum atomic E-state index is 12.3. The topological polar surface area (TPSA) is 88.9 Å². The Balaban J connectivity index is 1.40. The third-order valence-electron chi connectivity index (χ3n) is 4.86. The summed E-state index contributed by atoms with van der Waals surface area (Å²) in [6.45, 7) is 4.57. The third-order valence-corrected chi connectivity index (χ3v) is 7.08. The normalized spacial score (nSPS) is 10.8. The zero-order chi connectivity index (χ0) is 22.5. The first-order valence-electron chi connectivity index (χ1n) is 10.3. The third kappa shape index (κ3) is 5.12. The molecule has 3 heterocycles. The molecule has 2 amide bonds. The maximum absolute atomic E-state index is 12.3. The molecule has 0 saturated heterocycles. The predicted molar refractivity (Wildman–Crippen MR) is 130 cm³/mol. The number of carbonyl (C=O) groups is 1. The minimum absolute atomic E-state index is 0.216. The Morgan fingerprint density at radius 2 is 1.94 bits per heavy atom. The molecule has 7 nitrogen and oxygen atoms in total. The summed E-state index contributed by atoms with van der Waals surface area (Å²) < 4.78 is 1.37. The number of hydrogen-bond acceptors (Lipinski definition) is 6. The van der Waals surface area contributed by atoms with Crippen LogP contribution in [0, 0.1) is 6.92 Å². The van der Waals surface area contributed by atoms with E-state index in [0.29, 0.717) is 5.69 Å². The highest BCUT2D eigenvalue weighted by molar-refractivity contribution is 7.23. The van der Waals surface area contributed by atoms with Gasteiger partial charge in [0, 0.05) is 18.3 Å². The number of urea groups is 1. The van der Waals surface area contributed by atoms with Gasteiger partial charge in [-0.2, -0.15) is 5.10 Å². The van der Waals surface area contributed by atoms with Crippen LogP contribution in [0.5, 0.6) is 0 Å². The second kappa shape index (κ2) is 9.88. The molecule has 32 heavy (non-hydrogen) atoms. The van der Waals surface area contributed by atoms with E-state index in [1.165, 1.54) is 16.3 Å². The van der Waals surface area contributed by atoms with Crippen molar-refractivity contribution in [1.29, 1.82) is 0 Å². The summed E-state index contributed by atoms with van der Waals surface area (Å²) in [5.74, 6) is 0. The van der Waals surface area contributed by atoms with Crippen molar-refractivity contribution in [1.82, 2.24) is 20.1 Å². The van der Waals surface area contributed by atoms with Crippen molar-refractivity contribution in [2.45, 2.75) is 26.8 Å². The van der Waals surface area contributed by atoms with Gasteiger partial charge in [0.15, 0.2) is 0 Å². The molecule has 2 N–H and O–H groups in total. The van der Waals surface area contributed by atoms with Crippen molar-refractivity contribution < 1.29 is 4.79 Å². The van der Waals surface area contributed by atoms with Crippen molar-refractivity contribution >= 4 is 34.4 Å². The van der Waals surface area contributed by atoms with E-state index in [4.69, 9.17) is 0 Å². The molecular formula is C23H23N5O2S2. The summed E-state index contributed by atoms with van der Waals surface area (Å²) in [5.41, 5.74) is 3.29. The summed E-state index contributed by atoms with van der Waals surface area (Å²) >= 11 is 3.20. The number of anilines is 1. The van der Waals surface area contributed by atoms with Gasteiger partial charge in [-0.05, 0) is 48.6 Å². The van der Waals surface area contributed by atoms with Crippen LogP contribution in [0.25, 0.3) is 20.5 Å². The number of hydrogen-bond donors (Lipinski definition) is 2. The van der Waals surface area contributed by atoms with E-state index < -0.39 is 0 Å². The van der Waals surface area contributed by atoms with Gasteiger partial charge in [0.2, 0.25) is 0 Å². The molecule has 0 fully saturated rings. The largest absolute Gasteiger partial charge is 0.336 e. The average Bonchev–Trinajstić information content (AvgIpc) is 3.45. The van der Waals surface area contributed by atoms with E-state index in [9.17, 15) is 9.59 Å². The van der Waals surface area contributed by atoms with Crippen molar-refractivity contribution in [2.75, 3.05) is 11.9 Å². The van der Waals surface area contributed by atoms with E-state index >= 15 is 0 Å². The second-order valence-corrected chi connectivity index (χ2v) is 9.07. The van der Waals surface area contributed by atoms with Gasteiger partial charge in [0.25, 0.3) is 5.56 Å². The Hall–Kier alpha value is -3.30. The van der Waals surface area contributed by atoms with E-state index in [-0.39, 0.29) is 24.7 Å². The van der Waals surface area contributed by atoms with E-state index in [1.807, 2.05) is 48.7 Å². The molecule has 4 rings (SSSR count). The monoisotopic (exact) mass is 465 g/mol. The number of aryl methyl sites for hydroxylation is 2. The van der Waals surface area contributed by atoms with Crippen LogP contribution in [-0.4, -0.2) is 27.3 Å².